The fourth-order valence-corrected chi connectivity index (χ4v) is 3.86. The molecule has 1 aliphatic rings. The monoisotopic (exact) mass is 427 g/mol. The quantitative estimate of drug-likeness (QED) is 0.164. The molecule has 0 aliphatic carbocycles. The fourth-order valence-electron chi connectivity index (χ4n) is 3.86. The molecule has 0 saturated carbocycles. The zero-order valence-corrected chi connectivity index (χ0v) is 20.1. The molecule has 0 amide bonds. The van der Waals surface area contributed by atoms with Gasteiger partial charge < -0.3 is 19.7 Å². The number of allylic oxidation sites excluding steroid dienone is 1. The second-order valence-electron chi connectivity index (χ2n) is 9.24. The van der Waals surface area contributed by atoms with E-state index in [0.717, 1.165) is 6.42 Å². The summed E-state index contributed by atoms with van der Waals surface area (Å²) in [4.78, 5) is 0. The molecule has 5 nitrogen and oxygen atoms in total. The molecule has 5 heteroatoms. The smallest absolute Gasteiger partial charge is 0.163 e. The first kappa shape index (κ1) is 27.6. The third-order valence-corrected chi connectivity index (χ3v) is 5.89. The number of aliphatic hydroxyl groups is 2. The molecular formula is C25H49NO4. The van der Waals surface area contributed by atoms with Crippen LogP contribution in [-0.2, 0) is 9.47 Å². The summed E-state index contributed by atoms with van der Waals surface area (Å²) in [5.41, 5.74) is 0. The Bertz CT molecular complexity index is 441. The fraction of sp³-hybridized carbons (Fsp3) is 0.920. The lowest BCUT2D eigenvalue weighted by atomic mass is 10.0. The normalized spacial score (nSPS) is 23.7. The van der Waals surface area contributed by atoms with Crippen LogP contribution >= 0.6 is 0 Å². The maximum absolute atomic E-state index is 10.1. The topological polar surface area (TPSA) is 71.0 Å². The van der Waals surface area contributed by atoms with Crippen molar-refractivity contribution in [3.63, 3.8) is 0 Å². The number of rotatable bonds is 17. The molecule has 0 unspecified atom stereocenters. The molecule has 0 aromatic carbocycles. The molecule has 3 N–H and O–H groups in total. The molecule has 178 valence electrons. The predicted octanol–water partition coefficient (Wildman–Crippen LogP) is 5.44. The molecule has 4 atom stereocenters. The van der Waals surface area contributed by atoms with Crippen molar-refractivity contribution in [2.45, 2.75) is 141 Å². The van der Waals surface area contributed by atoms with Crippen molar-refractivity contribution in [2.24, 2.45) is 0 Å². The van der Waals surface area contributed by atoms with Gasteiger partial charge in [-0.25, -0.2) is 0 Å². The van der Waals surface area contributed by atoms with Gasteiger partial charge in [-0.2, -0.15) is 0 Å². The van der Waals surface area contributed by atoms with Gasteiger partial charge in [-0.3, -0.25) is 5.32 Å². The Balaban J connectivity index is 2.21. The van der Waals surface area contributed by atoms with Gasteiger partial charge in [0.25, 0.3) is 0 Å². The Labute approximate surface area is 185 Å². The highest BCUT2D eigenvalue weighted by Gasteiger charge is 2.36. The minimum Gasteiger partial charge on any atom is -0.389 e. The van der Waals surface area contributed by atoms with E-state index in [1.54, 1.807) is 0 Å². The van der Waals surface area contributed by atoms with Crippen molar-refractivity contribution >= 4 is 0 Å². The summed E-state index contributed by atoms with van der Waals surface area (Å²) in [5.74, 6) is -0.641. The third kappa shape index (κ3) is 12.4. The van der Waals surface area contributed by atoms with Crippen LogP contribution in [0.5, 0.6) is 0 Å². The van der Waals surface area contributed by atoms with E-state index in [9.17, 15) is 10.2 Å². The highest BCUT2D eigenvalue weighted by atomic mass is 16.7. The minimum atomic E-state index is -0.976. The summed E-state index contributed by atoms with van der Waals surface area (Å²) in [6.07, 6.45) is 18.8. The average Bonchev–Trinajstić information content (AvgIpc) is 2.72. The van der Waals surface area contributed by atoms with Crippen LogP contribution in [0.4, 0.5) is 0 Å². The van der Waals surface area contributed by atoms with Crippen molar-refractivity contribution in [3.8, 4) is 0 Å². The summed E-state index contributed by atoms with van der Waals surface area (Å²) >= 11 is 0. The van der Waals surface area contributed by atoms with Crippen LogP contribution in [0, 0.1) is 0 Å². The van der Waals surface area contributed by atoms with Gasteiger partial charge in [-0.15, -0.1) is 0 Å². The molecule has 0 bridgehead atoms. The van der Waals surface area contributed by atoms with Gasteiger partial charge in [0, 0.05) is 0 Å². The molecule has 0 radical (unpaired) electrons. The van der Waals surface area contributed by atoms with E-state index in [-0.39, 0.29) is 12.1 Å². The molecule has 1 rings (SSSR count). The van der Waals surface area contributed by atoms with E-state index in [4.69, 9.17) is 9.47 Å². The summed E-state index contributed by atoms with van der Waals surface area (Å²) in [5, 5.41) is 23.0. The number of aliphatic hydroxyl groups excluding tert-OH is 2. The first-order valence-electron chi connectivity index (χ1n) is 12.5. The molecule has 1 aliphatic heterocycles. The van der Waals surface area contributed by atoms with Gasteiger partial charge in [-0.05, 0) is 33.1 Å². The minimum absolute atomic E-state index is 0.178. The van der Waals surface area contributed by atoms with Gasteiger partial charge >= 0.3 is 0 Å². The molecule has 1 saturated heterocycles. The molecular weight excluding hydrogens is 378 g/mol. The number of nitrogens with one attached hydrogen (secondary N) is 1. The Morgan fingerprint density at radius 2 is 1.50 bits per heavy atom. The van der Waals surface area contributed by atoms with Crippen molar-refractivity contribution < 1.29 is 19.7 Å². The van der Waals surface area contributed by atoms with Crippen LogP contribution in [-0.4, -0.2) is 47.1 Å². The lowest BCUT2D eigenvalue weighted by Crippen LogP contribution is -2.58. The lowest BCUT2D eigenvalue weighted by Gasteiger charge is -2.41. The van der Waals surface area contributed by atoms with Crippen LogP contribution < -0.4 is 5.32 Å². The Morgan fingerprint density at radius 3 is 2.07 bits per heavy atom. The maximum Gasteiger partial charge on any atom is 0.163 e. The maximum atomic E-state index is 10.1. The second-order valence-corrected chi connectivity index (χ2v) is 9.24. The van der Waals surface area contributed by atoms with Crippen LogP contribution in [0.1, 0.15) is 111 Å². The zero-order valence-electron chi connectivity index (χ0n) is 20.1. The van der Waals surface area contributed by atoms with Crippen LogP contribution in [0.25, 0.3) is 0 Å². The molecule has 0 spiro atoms. The van der Waals surface area contributed by atoms with Crippen LogP contribution in [0.2, 0.25) is 0 Å². The van der Waals surface area contributed by atoms with Gasteiger partial charge in [0.1, 0.15) is 6.23 Å². The number of hydrogen-bond acceptors (Lipinski definition) is 5. The summed E-state index contributed by atoms with van der Waals surface area (Å²) in [7, 11) is 0. The van der Waals surface area contributed by atoms with Crippen molar-refractivity contribution in [1.29, 1.82) is 0 Å². The first-order chi connectivity index (χ1) is 14.4. The predicted molar refractivity (Wildman–Crippen MR) is 124 cm³/mol. The third-order valence-electron chi connectivity index (χ3n) is 5.89. The first-order valence-corrected chi connectivity index (χ1v) is 12.5. The van der Waals surface area contributed by atoms with E-state index in [2.05, 4.69) is 24.4 Å². The summed E-state index contributed by atoms with van der Waals surface area (Å²) in [6.45, 7) is 8.37. The zero-order chi connectivity index (χ0) is 22.2. The molecule has 30 heavy (non-hydrogen) atoms. The van der Waals surface area contributed by atoms with E-state index in [0.29, 0.717) is 13.0 Å². The standard InChI is InChI=1S/C25H49NO4/c1-5-7-8-9-10-11-12-13-14-15-16-17-18-19-23-21(20-29-25(3,4)30-23)26-24(28)22(27)6-2/h18-19,21-24,26-28H,5-17,20H2,1-4H3/b19-18+/t21-,22-,23+,24+/m0/s1. The highest BCUT2D eigenvalue weighted by Crippen LogP contribution is 2.24. The SMILES string of the molecule is CCCCCCCCCCCCC/C=C/[C@H]1OC(C)(C)OC[C@@H]1N[C@H](O)[C@@H](O)CC. The average molecular weight is 428 g/mol. The molecule has 1 heterocycles. The lowest BCUT2D eigenvalue weighted by molar-refractivity contribution is -0.275. The van der Waals surface area contributed by atoms with Crippen molar-refractivity contribution in [2.75, 3.05) is 6.61 Å². The van der Waals surface area contributed by atoms with Crippen LogP contribution in [0.3, 0.4) is 0 Å². The Kier molecular flexibility index (Phi) is 14.9. The number of unbranched alkanes of at least 4 members (excludes halogenated alkanes) is 11. The van der Waals surface area contributed by atoms with E-state index in [1.807, 2.05) is 20.8 Å². The number of ether oxygens (including phenoxy) is 2. The van der Waals surface area contributed by atoms with E-state index in [1.165, 1.54) is 70.6 Å². The number of hydrogen-bond donors (Lipinski definition) is 3. The highest BCUT2D eigenvalue weighted by molar-refractivity contribution is 4.99. The van der Waals surface area contributed by atoms with Crippen molar-refractivity contribution in [1.82, 2.24) is 5.32 Å². The van der Waals surface area contributed by atoms with Gasteiger partial charge in [0.2, 0.25) is 0 Å². The van der Waals surface area contributed by atoms with Crippen molar-refractivity contribution in [3.05, 3.63) is 12.2 Å². The summed E-state index contributed by atoms with van der Waals surface area (Å²) in [6, 6.07) is -0.178. The van der Waals surface area contributed by atoms with E-state index >= 15 is 0 Å². The Hall–Kier alpha value is -0.460. The Morgan fingerprint density at radius 1 is 0.933 bits per heavy atom. The second kappa shape index (κ2) is 16.2. The molecule has 1 fully saturated rings. The largest absolute Gasteiger partial charge is 0.389 e. The van der Waals surface area contributed by atoms with Crippen LogP contribution in [0.15, 0.2) is 12.2 Å². The van der Waals surface area contributed by atoms with Gasteiger partial charge in [-0.1, -0.05) is 90.2 Å². The summed E-state index contributed by atoms with van der Waals surface area (Å²) < 4.78 is 11.8. The molecule has 0 aromatic heterocycles. The van der Waals surface area contributed by atoms with E-state index < -0.39 is 18.1 Å². The molecule has 0 aromatic rings. The van der Waals surface area contributed by atoms with Gasteiger partial charge in [0.05, 0.1) is 24.9 Å². The van der Waals surface area contributed by atoms with Gasteiger partial charge in [0.15, 0.2) is 5.79 Å².